The topological polar surface area (TPSA) is 74.6 Å². The van der Waals surface area contributed by atoms with Gasteiger partial charge in [-0.25, -0.2) is 4.98 Å². The summed E-state index contributed by atoms with van der Waals surface area (Å²) in [5.74, 6) is 2.16. The Labute approximate surface area is 150 Å². The van der Waals surface area contributed by atoms with Gasteiger partial charge in [0.2, 0.25) is 5.91 Å². The van der Waals surface area contributed by atoms with E-state index in [0.29, 0.717) is 12.5 Å². The first-order valence-electron chi connectivity index (χ1n) is 9.44. The molecule has 1 atom stereocenters. The average Bonchev–Trinajstić information content (AvgIpc) is 3.23. The van der Waals surface area contributed by atoms with E-state index >= 15 is 0 Å². The number of aryl methyl sites for hydroxylation is 2. The number of unbranched alkanes of at least 4 members (excludes halogenated alkanes) is 1. The van der Waals surface area contributed by atoms with E-state index < -0.39 is 0 Å². The normalized spacial score (nSPS) is 17.8. The minimum absolute atomic E-state index is 0.237. The molecule has 2 rings (SSSR count). The lowest BCUT2D eigenvalue weighted by Crippen LogP contribution is -2.45. The lowest BCUT2D eigenvalue weighted by molar-refractivity contribution is -0.129. The van der Waals surface area contributed by atoms with E-state index in [2.05, 4.69) is 32.1 Å². The minimum Gasteiger partial charge on any atom is -0.357 e. The van der Waals surface area contributed by atoms with E-state index in [4.69, 9.17) is 0 Å². The molecule has 7 heteroatoms. The van der Waals surface area contributed by atoms with Gasteiger partial charge in [0, 0.05) is 57.6 Å². The number of likely N-dealkylation sites (tertiary alicyclic amines) is 1. The number of hydrogen-bond donors (Lipinski definition) is 2. The van der Waals surface area contributed by atoms with Gasteiger partial charge in [-0.15, -0.1) is 0 Å². The van der Waals surface area contributed by atoms with Crippen LogP contribution in [0, 0.1) is 6.92 Å². The van der Waals surface area contributed by atoms with E-state index in [9.17, 15) is 4.79 Å². The van der Waals surface area contributed by atoms with Gasteiger partial charge in [-0.1, -0.05) is 6.92 Å². The van der Waals surface area contributed by atoms with Crippen LogP contribution >= 0.6 is 0 Å². The van der Waals surface area contributed by atoms with Gasteiger partial charge in [0.25, 0.3) is 0 Å². The van der Waals surface area contributed by atoms with Crippen molar-refractivity contribution in [2.45, 2.75) is 59.0 Å². The number of rotatable bonds is 8. The van der Waals surface area contributed by atoms with Crippen LogP contribution in [0.25, 0.3) is 0 Å². The minimum atomic E-state index is 0.237. The van der Waals surface area contributed by atoms with Crippen molar-refractivity contribution in [3.05, 3.63) is 18.2 Å². The molecule has 0 spiro atoms. The highest BCUT2D eigenvalue weighted by Crippen LogP contribution is 2.10. The lowest BCUT2D eigenvalue weighted by atomic mass is 10.3. The second-order valence-electron chi connectivity index (χ2n) is 6.46. The number of hydrogen-bond acceptors (Lipinski definition) is 3. The first-order chi connectivity index (χ1) is 12.1. The third-order valence-corrected chi connectivity index (χ3v) is 4.53. The summed E-state index contributed by atoms with van der Waals surface area (Å²) in [7, 11) is 0. The Hall–Kier alpha value is -2.05. The summed E-state index contributed by atoms with van der Waals surface area (Å²) >= 11 is 0. The van der Waals surface area contributed by atoms with Crippen molar-refractivity contribution < 1.29 is 4.79 Å². The van der Waals surface area contributed by atoms with Crippen molar-refractivity contribution in [3.8, 4) is 0 Å². The molecule has 1 aliphatic rings. The molecule has 2 heterocycles. The number of carbonyl (C=O) groups is 1. The second kappa shape index (κ2) is 10.1. The van der Waals surface area contributed by atoms with Crippen molar-refractivity contribution in [1.82, 2.24) is 25.1 Å². The number of guanidine groups is 1. The summed E-state index contributed by atoms with van der Waals surface area (Å²) in [6.45, 7) is 10.3. The molecular weight excluding hydrogens is 316 g/mol. The molecule has 7 nitrogen and oxygen atoms in total. The maximum Gasteiger partial charge on any atom is 0.222 e. The highest BCUT2D eigenvalue weighted by Gasteiger charge is 2.25. The SMILES string of the molecule is CCNC(=NCCCCn1ccnc1C)NC1CCN(C(=O)CC)C1. The third kappa shape index (κ3) is 6.07. The van der Waals surface area contributed by atoms with E-state index in [0.717, 1.165) is 63.8 Å². The summed E-state index contributed by atoms with van der Waals surface area (Å²) in [6, 6.07) is 0.293. The smallest absolute Gasteiger partial charge is 0.222 e. The molecule has 1 aliphatic heterocycles. The molecule has 0 saturated carbocycles. The van der Waals surface area contributed by atoms with Gasteiger partial charge in [0.1, 0.15) is 5.82 Å². The number of imidazole rings is 1. The lowest BCUT2D eigenvalue weighted by Gasteiger charge is -2.18. The van der Waals surface area contributed by atoms with Crippen molar-refractivity contribution in [2.75, 3.05) is 26.2 Å². The summed E-state index contributed by atoms with van der Waals surface area (Å²) in [4.78, 5) is 22.6. The molecule has 0 bridgehead atoms. The standard InChI is InChI=1S/C18H32N6O/c1-4-17(25)24-12-8-16(14-24)22-18(19-5-2)21-9-6-7-11-23-13-10-20-15(23)3/h10,13,16H,4-9,11-12,14H2,1-3H3,(H2,19,21,22). The van der Waals surface area contributed by atoms with E-state index in [-0.39, 0.29) is 5.91 Å². The van der Waals surface area contributed by atoms with Gasteiger partial charge < -0.3 is 20.1 Å². The number of carbonyl (C=O) groups excluding carboxylic acids is 1. The van der Waals surface area contributed by atoms with Crippen molar-refractivity contribution in [1.29, 1.82) is 0 Å². The number of amides is 1. The Balaban J connectivity index is 1.73. The molecule has 0 aromatic carbocycles. The largest absolute Gasteiger partial charge is 0.357 e. The summed E-state index contributed by atoms with van der Waals surface area (Å²) < 4.78 is 2.17. The van der Waals surface area contributed by atoms with E-state index in [1.54, 1.807) is 0 Å². The first kappa shape index (κ1) is 19.3. The first-order valence-corrected chi connectivity index (χ1v) is 9.44. The van der Waals surface area contributed by atoms with E-state index in [1.165, 1.54) is 0 Å². The number of nitrogens with one attached hydrogen (secondary N) is 2. The Morgan fingerprint density at radius 3 is 2.92 bits per heavy atom. The monoisotopic (exact) mass is 348 g/mol. The van der Waals surface area contributed by atoms with Crippen LogP contribution in [0.1, 0.15) is 45.4 Å². The van der Waals surface area contributed by atoms with Crippen molar-refractivity contribution >= 4 is 11.9 Å². The molecule has 25 heavy (non-hydrogen) atoms. The van der Waals surface area contributed by atoms with Gasteiger partial charge >= 0.3 is 0 Å². The van der Waals surface area contributed by atoms with Crippen LogP contribution in [0.2, 0.25) is 0 Å². The molecule has 1 aromatic heterocycles. The molecule has 140 valence electrons. The van der Waals surface area contributed by atoms with Crippen LogP contribution in [0.4, 0.5) is 0 Å². The van der Waals surface area contributed by atoms with Crippen molar-refractivity contribution in [2.24, 2.45) is 4.99 Å². The van der Waals surface area contributed by atoms with Gasteiger partial charge in [0.05, 0.1) is 0 Å². The average molecular weight is 348 g/mol. The van der Waals surface area contributed by atoms with Crippen LogP contribution in [-0.2, 0) is 11.3 Å². The number of aliphatic imine (C=N–C) groups is 1. The zero-order valence-electron chi connectivity index (χ0n) is 15.8. The van der Waals surface area contributed by atoms with Gasteiger partial charge in [-0.3, -0.25) is 9.79 Å². The molecular formula is C18H32N6O. The maximum atomic E-state index is 11.8. The third-order valence-electron chi connectivity index (χ3n) is 4.53. The Bertz CT molecular complexity index is 568. The quantitative estimate of drug-likeness (QED) is 0.424. The van der Waals surface area contributed by atoms with Crippen LogP contribution in [0.15, 0.2) is 17.4 Å². The number of aromatic nitrogens is 2. The Kier molecular flexibility index (Phi) is 7.76. The zero-order chi connectivity index (χ0) is 18.1. The summed E-state index contributed by atoms with van der Waals surface area (Å²) in [6.07, 6.45) is 7.55. The molecule has 2 N–H and O–H groups in total. The fourth-order valence-electron chi connectivity index (χ4n) is 3.07. The Morgan fingerprint density at radius 2 is 2.24 bits per heavy atom. The molecule has 1 aromatic rings. The Morgan fingerprint density at radius 1 is 1.40 bits per heavy atom. The molecule has 0 radical (unpaired) electrons. The van der Waals surface area contributed by atoms with Crippen LogP contribution < -0.4 is 10.6 Å². The molecule has 1 amide bonds. The van der Waals surface area contributed by atoms with Crippen LogP contribution in [-0.4, -0.2) is 58.5 Å². The highest BCUT2D eigenvalue weighted by molar-refractivity contribution is 5.80. The summed E-state index contributed by atoms with van der Waals surface area (Å²) in [5.41, 5.74) is 0. The summed E-state index contributed by atoms with van der Waals surface area (Å²) in [5, 5.41) is 6.77. The predicted octanol–water partition coefficient (Wildman–Crippen LogP) is 1.54. The zero-order valence-corrected chi connectivity index (χ0v) is 15.8. The molecule has 1 fully saturated rings. The number of nitrogens with zero attached hydrogens (tertiary/aromatic N) is 4. The van der Waals surface area contributed by atoms with Crippen LogP contribution in [0.3, 0.4) is 0 Å². The van der Waals surface area contributed by atoms with Crippen LogP contribution in [0.5, 0.6) is 0 Å². The van der Waals surface area contributed by atoms with E-state index in [1.807, 2.05) is 31.1 Å². The van der Waals surface area contributed by atoms with Gasteiger partial charge in [-0.2, -0.15) is 0 Å². The van der Waals surface area contributed by atoms with Gasteiger partial charge in [0.15, 0.2) is 5.96 Å². The molecule has 0 aliphatic carbocycles. The molecule has 1 unspecified atom stereocenters. The fourth-order valence-corrected chi connectivity index (χ4v) is 3.07. The highest BCUT2D eigenvalue weighted by atomic mass is 16.2. The maximum absolute atomic E-state index is 11.8. The second-order valence-corrected chi connectivity index (χ2v) is 6.46. The van der Waals surface area contributed by atoms with Gasteiger partial charge in [-0.05, 0) is 33.1 Å². The fraction of sp³-hybridized carbons (Fsp3) is 0.722. The predicted molar refractivity (Wildman–Crippen MR) is 101 cm³/mol. The van der Waals surface area contributed by atoms with Crippen molar-refractivity contribution in [3.63, 3.8) is 0 Å². The molecule has 1 saturated heterocycles.